The highest BCUT2D eigenvalue weighted by molar-refractivity contribution is 5.69. The molecule has 0 amide bonds. The molecule has 6 atom stereocenters. The average molecular weight is 623 g/mol. The zero-order chi connectivity index (χ0) is 31.6. The summed E-state index contributed by atoms with van der Waals surface area (Å²) in [5, 5.41) is 11.9. The van der Waals surface area contributed by atoms with Crippen molar-refractivity contribution in [3.63, 3.8) is 0 Å². The van der Waals surface area contributed by atoms with Gasteiger partial charge in [-0.25, -0.2) is 0 Å². The van der Waals surface area contributed by atoms with Gasteiger partial charge in [0.15, 0.2) is 0 Å². The number of aliphatic hydroxyl groups is 1. The second-order valence-electron chi connectivity index (χ2n) is 16.1. The molecular formula is C41H66O4. The Balaban J connectivity index is 0.895. The quantitative estimate of drug-likeness (QED) is 0.109. The Morgan fingerprint density at radius 2 is 1.47 bits per heavy atom. The van der Waals surface area contributed by atoms with Gasteiger partial charge in [0.1, 0.15) is 18.0 Å². The summed E-state index contributed by atoms with van der Waals surface area (Å²) in [5.41, 5.74) is 0.780. The molecule has 4 heteroatoms. The van der Waals surface area contributed by atoms with Crippen LogP contribution in [0.25, 0.3) is 6.08 Å². The lowest BCUT2D eigenvalue weighted by Gasteiger charge is -2.58. The number of carbonyl (C=O) groups excluding carboxylic acids is 1. The van der Waals surface area contributed by atoms with Crippen molar-refractivity contribution in [2.45, 2.75) is 186 Å². The van der Waals surface area contributed by atoms with Crippen LogP contribution in [0.15, 0.2) is 22.8 Å². The predicted molar refractivity (Wildman–Crippen MR) is 185 cm³/mol. The normalized spacial score (nSPS) is 31.4. The largest absolute Gasteiger partial charge is 0.465 e. The Hall–Kier alpha value is -1.55. The molecule has 1 spiro atoms. The second kappa shape index (κ2) is 16.5. The van der Waals surface area contributed by atoms with Crippen molar-refractivity contribution in [1.29, 1.82) is 0 Å². The van der Waals surface area contributed by atoms with Crippen LogP contribution in [0.5, 0.6) is 0 Å². The molecule has 1 heterocycles. The van der Waals surface area contributed by atoms with E-state index in [1.165, 1.54) is 108 Å². The number of furan rings is 1. The molecule has 0 unspecified atom stereocenters. The minimum absolute atomic E-state index is 0.106. The number of fused-ring (bicyclic) bond motifs is 5. The molecule has 3 saturated carbocycles. The Morgan fingerprint density at radius 1 is 0.867 bits per heavy atom. The van der Waals surface area contributed by atoms with Crippen LogP contribution in [0.2, 0.25) is 0 Å². The van der Waals surface area contributed by atoms with E-state index >= 15 is 0 Å². The maximum atomic E-state index is 12.7. The molecule has 0 saturated heterocycles. The third-order valence-electron chi connectivity index (χ3n) is 13.0. The Morgan fingerprint density at radius 3 is 2.09 bits per heavy atom. The van der Waals surface area contributed by atoms with Crippen LogP contribution in [-0.2, 0) is 9.53 Å². The molecule has 4 aliphatic rings. The van der Waals surface area contributed by atoms with Crippen molar-refractivity contribution in [2.24, 2.45) is 22.7 Å². The number of hydrogen-bond donors (Lipinski definition) is 1. The summed E-state index contributed by atoms with van der Waals surface area (Å²) < 4.78 is 11.5. The zero-order valence-electron chi connectivity index (χ0n) is 29.1. The minimum atomic E-state index is -0.860. The lowest BCUT2D eigenvalue weighted by Crippen LogP contribution is -2.49. The average Bonchev–Trinajstić information content (AvgIpc) is 3.59. The Kier molecular flexibility index (Phi) is 12.8. The van der Waals surface area contributed by atoms with Crippen molar-refractivity contribution in [3.8, 4) is 0 Å². The highest BCUT2D eigenvalue weighted by Gasteiger charge is 2.65. The first-order chi connectivity index (χ1) is 21.9. The van der Waals surface area contributed by atoms with E-state index in [9.17, 15) is 9.90 Å². The molecule has 0 aliphatic heterocycles. The molecule has 254 valence electrons. The SMILES string of the molecule is CCCCCCCCCCCCCCCCCCCCC(=O)OC[C@@]1(O)C[C@@]23CC[C@@H]4c5ccoc5C=C[C@@]4(C)[C@@H]2CC[C@@H]1C3. The van der Waals surface area contributed by atoms with Crippen LogP contribution in [-0.4, -0.2) is 23.3 Å². The number of carbonyl (C=O) groups is 1. The summed E-state index contributed by atoms with van der Waals surface area (Å²) in [4.78, 5) is 12.7. The number of unbranched alkanes of at least 4 members (excludes halogenated alkanes) is 17. The fraction of sp³-hybridized carbons (Fsp3) is 0.829. The van der Waals surface area contributed by atoms with Crippen LogP contribution in [0.4, 0.5) is 0 Å². The molecule has 1 aromatic heterocycles. The lowest BCUT2D eigenvalue weighted by atomic mass is 9.46. The van der Waals surface area contributed by atoms with Crippen molar-refractivity contribution < 1.29 is 19.1 Å². The van der Waals surface area contributed by atoms with Gasteiger partial charge in [-0.05, 0) is 85.7 Å². The van der Waals surface area contributed by atoms with Crippen LogP contribution >= 0.6 is 0 Å². The molecule has 1 N–H and O–H groups in total. The maximum absolute atomic E-state index is 12.7. The molecule has 45 heavy (non-hydrogen) atoms. The number of allylic oxidation sites excluding steroid dienone is 1. The van der Waals surface area contributed by atoms with Gasteiger partial charge < -0.3 is 14.3 Å². The van der Waals surface area contributed by atoms with Crippen molar-refractivity contribution >= 4 is 12.0 Å². The monoisotopic (exact) mass is 622 g/mol. The van der Waals surface area contributed by atoms with Gasteiger partial charge in [0.05, 0.1) is 6.26 Å². The Bertz CT molecular complexity index is 1070. The number of ether oxygens (including phenoxy) is 1. The molecule has 5 rings (SSSR count). The van der Waals surface area contributed by atoms with Crippen LogP contribution in [0, 0.1) is 22.7 Å². The highest BCUT2D eigenvalue weighted by Crippen LogP contribution is 2.71. The summed E-state index contributed by atoms with van der Waals surface area (Å²) >= 11 is 0. The Labute approximate surface area is 275 Å². The van der Waals surface area contributed by atoms with Gasteiger partial charge in [0.2, 0.25) is 0 Å². The van der Waals surface area contributed by atoms with E-state index in [0.717, 1.165) is 57.1 Å². The molecule has 0 aromatic carbocycles. The summed E-state index contributed by atoms with van der Waals surface area (Å²) in [6.45, 7) is 4.93. The molecule has 2 bridgehead atoms. The smallest absolute Gasteiger partial charge is 0.305 e. The summed E-state index contributed by atoms with van der Waals surface area (Å²) in [6.07, 6.45) is 37.6. The molecule has 4 nitrogen and oxygen atoms in total. The van der Waals surface area contributed by atoms with E-state index in [0.29, 0.717) is 18.3 Å². The first kappa shape index (κ1) is 34.8. The van der Waals surface area contributed by atoms with E-state index in [1.807, 2.05) is 6.26 Å². The summed E-state index contributed by atoms with van der Waals surface area (Å²) in [5.74, 6) is 2.23. The zero-order valence-corrected chi connectivity index (χ0v) is 29.1. The van der Waals surface area contributed by atoms with E-state index in [2.05, 4.69) is 32.1 Å². The van der Waals surface area contributed by atoms with Gasteiger partial charge in [-0.15, -0.1) is 0 Å². The number of esters is 1. The molecule has 1 aromatic rings. The van der Waals surface area contributed by atoms with E-state index < -0.39 is 5.60 Å². The fourth-order valence-corrected chi connectivity index (χ4v) is 10.5. The van der Waals surface area contributed by atoms with Crippen LogP contribution in [0.1, 0.15) is 192 Å². The number of hydrogen-bond acceptors (Lipinski definition) is 4. The summed E-state index contributed by atoms with van der Waals surface area (Å²) in [7, 11) is 0. The first-order valence-electron chi connectivity index (χ1n) is 19.5. The third kappa shape index (κ3) is 8.49. The second-order valence-corrected chi connectivity index (χ2v) is 16.1. The maximum Gasteiger partial charge on any atom is 0.305 e. The third-order valence-corrected chi connectivity index (χ3v) is 13.0. The topological polar surface area (TPSA) is 59.7 Å². The number of rotatable bonds is 21. The van der Waals surface area contributed by atoms with Gasteiger partial charge >= 0.3 is 5.97 Å². The van der Waals surface area contributed by atoms with Gasteiger partial charge in [0, 0.05) is 12.0 Å². The van der Waals surface area contributed by atoms with Gasteiger partial charge in [0.25, 0.3) is 0 Å². The molecule has 3 fully saturated rings. The fourth-order valence-electron chi connectivity index (χ4n) is 10.5. The van der Waals surface area contributed by atoms with Crippen molar-refractivity contribution in [2.75, 3.05) is 6.61 Å². The van der Waals surface area contributed by atoms with Gasteiger partial charge in [-0.2, -0.15) is 0 Å². The predicted octanol–water partition coefficient (Wildman–Crippen LogP) is 11.7. The lowest BCUT2D eigenvalue weighted by molar-refractivity contribution is -0.154. The van der Waals surface area contributed by atoms with E-state index in [4.69, 9.17) is 9.15 Å². The first-order valence-corrected chi connectivity index (χ1v) is 19.5. The summed E-state index contributed by atoms with van der Waals surface area (Å²) in [6, 6.07) is 2.18. The highest BCUT2D eigenvalue weighted by atomic mass is 16.5. The van der Waals surface area contributed by atoms with Gasteiger partial charge in [-0.1, -0.05) is 129 Å². The van der Waals surface area contributed by atoms with E-state index in [-0.39, 0.29) is 29.3 Å². The van der Waals surface area contributed by atoms with Crippen molar-refractivity contribution in [1.82, 2.24) is 0 Å². The standard InChI is InChI=1S/C41H66O4/c1-3-4-5-6-7-8-9-10-11-12-13-14-15-16-17-18-19-20-21-38(42)45-32-41(43)31-40-28-24-35-34-26-29-44-36(34)25-27-39(35,2)37(40)23-22-33(41)30-40/h25-27,29,33,35,37,43H,3-24,28,30-32H2,1-2H3/t33-,35-,37+,39-,40+,41+/m1/s1. The van der Waals surface area contributed by atoms with Gasteiger partial charge in [-0.3, -0.25) is 4.79 Å². The van der Waals surface area contributed by atoms with Crippen LogP contribution < -0.4 is 0 Å². The van der Waals surface area contributed by atoms with Crippen LogP contribution in [0.3, 0.4) is 0 Å². The minimum Gasteiger partial charge on any atom is -0.465 e. The molecular weight excluding hydrogens is 556 g/mol. The van der Waals surface area contributed by atoms with E-state index in [1.54, 1.807) is 0 Å². The van der Waals surface area contributed by atoms with Crippen molar-refractivity contribution in [3.05, 3.63) is 29.7 Å². The molecule has 4 aliphatic carbocycles. The molecule has 0 radical (unpaired) electrons.